The van der Waals surface area contributed by atoms with E-state index in [1.165, 1.54) is 11.1 Å². The zero-order valence-corrected chi connectivity index (χ0v) is 15.0. The molecule has 0 aliphatic heterocycles. The maximum absolute atomic E-state index is 12.6. The molecule has 3 nitrogen and oxygen atoms in total. The van der Waals surface area contributed by atoms with Crippen molar-refractivity contribution in [2.24, 2.45) is 12.0 Å². The zero-order chi connectivity index (χ0) is 16.4. The molecule has 0 saturated carbocycles. The Kier molecular flexibility index (Phi) is 4.68. The Balaban J connectivity index is 2.15. The number of amides is 1. The first-order chi connectivity index (χ1) is 11.2. The van der Waals surface area contributed by atoms with Crippen LogP contribution in [0.3, 0.4) is 0 Å². The van der Waals surface area contributed by atoms with Gasteiger partial charge in [0, 0.05) is 11.9 Å². The highest BCUT2D eigenvalue weighted by atomic mass is 32.2. The average molecular weight is 342 g/mol. The second-order valence-corrected chi connectivity index (χ2v) is 7.04. The lowest BCUT2D eigenvalue weighted by atomic mass is 10.1. The number of carbonyl (C=O) groups is 1. The number of nitrogens with zero attached hydrogens (tertiary/aromatic N) is 2. The van der Waals surface area contributed by atoms with E-state index in [0.29, 0.717) is 5.56 Å². The third-order valence-corrected chi connectivity index (χ3v) is 5.71. The molecule has 0 aliphatic carbocycles. The molecule has 118 valence electrons. The van der Waals surface area contributed by atoms with Crippen molar-refractivity contribution in [1.82, 2.24) is 4.57 Å². The van der Waals surface area contributed by atoms with E-state index in [9.17, 15) is 4.79 Å². The highest BCUT2D eigenvalue weighted by molar-refractivity contribution is 7.98. The van der Waals surface area contributed by atoms with Crippen molar-refractivity contribution >= 4 is 39.2 Å². The second-order valence-electron chi connectivity index (χ2n) is 5.18. The minimum absolute atomic E-state index is 0.185. The monoisotopic (exact) mass is 342 g/mol. The number of hydrogen-bond donors (Lipinski definition) is 0. The van der Waals surface area contributed by atoms with Crippen molar-refractivity contribution in [2.75, 3.05) is 6.26 Å². The van der Waals surface area contributed by atoms with Gasteiger partial charge in [-0.1, -0.05) is 42.5 Å². The summed E-state index contributed by atoms with van der Waals surface area (Å²) in [7, 11) is 1.98. The Morgan fingerprint density at radius 2 is 2.00 bits per heavy atom. The van der Waals surface area contributed by atoms with E-state index in [1.807, 2.05) is 42.1 Å². The van der Waals surface area contributed by atoms with Crippen molar-refractivity contribution in [2.45, 2.75) is 18.2 Å². The molecule has 0 spiro atoms. The molecule has 0 bridgehead atoms. The normalized spacial score (nSPS) is 12.0. The molecule has 2 aromatic carbocycles. The minimum Gasteiger partial charge on any atom is -0.319 e. The summed E-state index contributed by atoms with van der Waals surface area (Å²) in [5.41, 5.74) is 3.11. The van der Waals surface area contributed by atoms with Crippen LogP contribution in [0.2, 0.25) is 0 Å². The maximum atomic E-state index is 12.6. The Labute approximate surface area is 143 Å². The summed E-state index contributed by atoms with van der Waals surface area (Å²) in [4.78, 5) is 18.7. The van der Waals surface area contributed by atoms with E-state index < -0.39 is 0 Å². The Bertz CT molecular complexity index is 938. The summed E-state index contributed by atoms with van der Waals surface area (Å²) in [6.07, 6.45) is 2.93. The molecule has 0 fully saturated rings. The largest absolute Gasteiger partial charge is 0.319 e. The lowest BCUT2D eigenvalue weighted by Crippen LogP contribution is -2.14. The standard InChI is InChI=1S/C18H18N2OS2/c1-4-12-8-7-11-15-16(12)20(2)18(23-15)19-17(21)13-9-5-6-10-14(13)22-3/h5-11H,4H2,1-3H3. The van der Waals surface area contributed by atoms with E-state index in [1.54, 1.807) is 23.1 Å². The van der Waals surface area contributed by atoms with E-state index in [2.05, 4.69) is 30.1 Å². The Morgan fingerprint density at radius 3 is 2.74 bits per heavy atom. The zero-order valence-electron chi connectivity index (χ0n) is 13.4. The lowest BCUT2D eigenvalue weighted by Gasteiger charge is -2.03. The number of thioether (sulfide) groups is 1. The molecule has 0 unspecified atom stereocenters. The van der Waals surface area contributed by atoms with Gasteiger partial charge in [-0.15, -0.1) is 11.8 Å². The number of aromatic nitrogens is 1. The molecular weight excluding hydrogens is 324 g/mol. The molecule has 1 aromatic heterocycles. The molecule has 1 amide bonds. The molecule has 0 N–H and O–H groups in total. The fourth-order valence-corrected chi connectivity index (χ4v) is 4.30. The number of benzene rings is 2. The highest BCUT2D eigenvalue weighted by Gasteiger charge is 2.11. The fraction of sp³-hybridized carbons (Fsp3) is 0.222. The smallest absolute Gasteiger partial charge is 0.280 e. The van der Waals surface area contributed by atoms with Crippen molar-refractivity contribution < 1.29 is 4.79 Å². The molecule has 1 heterocycles. The molecular formula is C18H18N2OS2. The summed E-state index contributed by atoms with van der Waals surface area (Å²) in [5, 5.41) is 0. The van der Waals surface area contributed by atoms with E-state index in [4.69, 9.17) is 0 Å². The number of fused-ring (bicyclic) bond motifs is 1. The molecule has 0 saturated heterocycles. The van der Waals surface area contributed by atoms with Gasteiger partial charge in [-0.25, -0.2) is 0 Å². The summed E-state index contributed by atoms with van der Waals surface area (Å²) in [6, 6.07) is 13.9. The minimum atomic E-state index is -0.185. The first-order valence-corrected chi connectivity index (χ1v) is 9.49. The van der Waals surface area contributed by atoms with Gasteiger partial charge in [0.05, 0.1) is 15.8 Å². The number of carbonyl (C=O) groups excluding carboxylic acids is 1. The predicted molar refractivity (Wildman–Crippen MR) is 98.3 cm³/mol. The number of para-hydroxylation sites is 1. The van der Waals surface area contributed by atoms with Gasteiger partial charge in [0.15, 0.2) is 4.80 Å². The Hall–Kier alpha value is -1.85. The van der Waals surface area contributed by atoms with Crippen LogP contribution in [0.25, 0.3) is 10.2 Å². The summed E-state index contributed by atoms with van der Waals surface area (Å²) in [5.74, 6) is -0.185. The van der Waals surface area contributed by atoms with Crippen LogP contribution < -0.4 is 4.80 Å². The van der Waals surface area contributed by atoms with Crippen LogP contribution in [0, 0.1) is 0 Å². The van der Waals surface area contributed by atoms with Crippen LogP contribution in [-0.4, -0.2) is 16.7 Å². The average Bonchev–Trinajstić information content (AvgIpc) is 2.90. The van der Waals surface area contributed by atoms with Gasteiger partial charge in [-0.3, -0.25) is 4.79 Å². The molecule has 23 heavy (non-hydrogen) atoms. The molecule has 0 radical (unpaired) electrons. The fourth-order valence-electron chi connectivity index (χ4n) is 2.64. The van der Waals surface area contributed by atoms with Gasteiger partial charge >= 0.3 is 0 Å². The number of aryl methyl sites for hydroxylation is 2. The molecule has 3 rings (SSSR count). The van der Waals surface area contributed by atoms with Gasteiger partial charge < -0.3 is 4.57 Å². The Morgan fingerprint density at radius 1 is 1.22 bits per heavy atom. The molecule has 5 heteroatoms. The number of rotatable bonds is 3. The van der Waals surface area contributed by atoms with E-state index >= 15 is 0 Å². The van der Waals surface area contributed by atoms with Crippen LogP contribution in [0.15, 0.2) is 52.4 Å². The lowest BCUT2D eigenvalue weighted by molar-refractivity contribution is 0.0995. The quantitative estimate of drug-likeness (QED) is 0.666. The van der Waals surface area contributed by atoms with E-state index in [0.717, 1.165) is 20.8 Å². The predicted octanol–water partition coefficient (Wildman–Crippen LogP) is 4.27. The van der Waals surface area contributed by atoms with Crippen molar-refractivity contribution in [3.05, 3.63) is 58.4 Å². The molecule has 0 atom stereocenters. The van der Waals surface area contributed by atoms with Gasteiger partial charge in [0.1, 0.15) is 0 Å². The SMILES string of the molecule is CCc1cccc2sc(=NC(=O)c3ccccc3SC)n(C)c12. The third kappa shape index (κ3) is 2.99. The summed E-state index contributed by atoms with van der Waals surface area (Å²) < 4.78 is 3.19. The van der Waals surface area contributed by atoms with Crippen LogP contribution in [0.5, 0.6) is 0 Å². The van der Waals surface area contributed by atoms with Crippen LogP contribution in [0.1, 0.15) is 22.8 Å². The molecule has 0 aliphatic rings. The summed E-state index contributed by atoms with van der Waals surface area (Å²) in [6.45, 7) is 2.14. The van der Waals surface area contributed by atoms with Gasteiger partial charge in [-0.05, 0) is 36.4 Å². The number of hydrogen-bond acceptors (Lipinski definition) is 3. The second kappa shape index (κ2) is 6.72. The van der Waals surface area contributed by atoms with Gasteiger partial charge in [0.2, 0.25) is 0 Å². The maximum Gasteiger partial charge on any atom is 0.280 e. The first kappa shape index (κ1) is 16.0. The van der Waals surface area contributed by atoms with Gasteiger partial charge in [0.25, 0.3) is 5.91 Å². The first-order valence-electron chi connectivity index (χ1n) is 7.45. The topological polar surface area (TPSA) is 34.4 Å². The van der Waals surface area contributed by atoms with Crippen LogP contribution in [-0.2, 0) is 13.5 Å². The van der Waals surface area contributed by atoms with Crippen LogP contribution >= 0.6 is 23.1 Å². The van der Waals surface area contributed by atoms with Crippen molar-refractivity contribution in [3.8, 4) is 0 Å². The summed E-state index contributed by atoms with van der Waals surface area (Å²) >= 11 is 3.12. The van der Waals surface area contributed by atoms with Crippen molar-refractivity contribution in [1.29, 1.82) is 0 Å². The van der Waals surface area contributed by atoms with Gasteiger partial charge in [-0.2, -0.15) is 4.99 Å². The van der Waals surface area contributed by atoms with Crippen LogP contribution in [0.4, 0.5) is 0 Å². The number of thiazole rings is 1. The third-order valence-electron chi connectivity index (χ3n) is 3.82. The van der Waals surface area contributed by atoms with Crippen molar-refractivity contribution in [3.63, 3.8) is 0 Å². The highest BCUT2D eigenvalue weighted by Crippen LogP contribution is 2.22. The van der Waals surface area contributed by atoms with E-state index in [-0.39, 0.29) is 5.91 Å². The molecule has 3 aromatic rings.